The lowest BCUT2D eigenvalue weighted by atomic mass is 9.94. The van der Waals surface area contributed by atoms with Crippen LogP contribution in [0.25, 0.3) is 0 Å². The Labute approximate surface area is 128 Å². The van der Waals surface area contributed by atoms with Crippen LogP contribution < -0.4 is 10.5 Å². The van der Waals surface area contributed by atoms with E-state index in [1.165, 1.54) is 0 Å². The largest absolute Gasteiger partial charge is 0.355 e. The molecule has 0 amide bonds. The molecule has 0 radical (unpaired) electrons. The Morgan fingerprint density at radius 2 is 2.33 bits per heavy atom. The molecule has 5 nitrogen and oxygen atoms in total. The number of anilines is 1. The van der Waals surface area contributed by atoms with Crippen molar-refractivity contribution < 1.29 is 0 Å². The topological polar surface area (TPSA) is 61.9 Å². The van der Waals surface area contributed by atoms with Crippen molar-refractivity contribution in [3.05, 3.63) is 51.3 Å². The summed E-state index contributed by atoms with van der Waals surface area (Å²) in [5.74, 6) is 1.70. The second-order valence-electron chi connectivity index (χ2n) is 5.35. The zero-order chi connectivity index (χ0) is 14.8. The van der Waals surface area contributed by atoms with Crippen molar-refractivity contribution in [3.63, 3.8) is 0 Å². The highest BCUT2D eigenvalue weighted by atomic mass is 35.5. The fraction of sp³-hybridized carbons (Fsp3) is 0.400. The fourth-order valence-electron chi connectivity index (χ4n) is 2.83. The van der Waals surface area contributed by atoms with Crippen LogP contribution in [0.5, 0.6) is 0 Å². The third-order valence-electron chi connectivity index (χ3n) is 3.76. The molecule has 2 aromatic rings. The number of hydrogen-bond acceptors (Lipinski definition) is 4. The van der Waals surface area contributed by atoms with Gasteiger partial charge in [-0.3, -0.25) is 4.79 Å². The number of aromatic amines is 1. The fourth-order valence-corrected chi connectivity index (χ4v) is 3.07. The van der Waals surface area contributed by atoms with E-state index < -0.39 is 0 Å². The predicted octanol–water partition coefficient (Wildman–Crippen LogP) is 2.51. The zero-order valence-corrected chi connectivity index (χ0v) is 12.6. The molecule has 1 aliphatic rings. The third-order valence-corrected chi connectivity index (χ3v) is 4.05. The minimum absolute atomic E-state index is 0.0921. The number of aryl methyl sites for hydroxylation is 1. The summed E-state index contributed by atoms with van der Waals surface area (Å²) in [6, 6.07) is 5.28. The van der Waals surface area contributed by atoms with Crippen molar-refractivity contribution in [1.29, 1.82) is 0 Å². The minimum Gasteiger partial charge on any atom is -0.355 e. The lowest BCUT2D eigenvalue weighted by molar-refractivity contribution is 0.496. The number of rotatable bonds is 2. The van der Waals surface area contributed by atoms with Crippen molar-refractivity contribution in [1.82, 2.24) is 15.0 Å². The monoisotopic (exact) mass is 304 g/mol. The Morgan fingerprint density at radius 1 is 1.48 bits per heavy atom. The number of hydrogen-bond donors (Lipinski definition) is 1. The van der Waals surface area contributed by atoms with Gasteiger partial charge in [0.2, 0.25) is 0 Å². The van der Waals surface area contributed by atoms with Gasteiger partial charge in [-0.1, -0.05) is 11.6 Å². The van der Waals surface area contributed by atoms with Gasteiger partial charge in [-0.15, -0.1) is 0 Å². The third kappa shape index (κ3) is 3.08. The summed E-state index contributed by atoms with van der Waals surface area (Å²) in [6.07, 6.45) is 3.81. The van der Waals surface area contributed by atoms with Crippen LogP contribution in [0.4, 0.5) is 5.82 Å². The molecule has 6 heteroatoms. The molecule has 3 heterocycles. The Balaban J connectivity index is 1.86. The lowest BCUT2D eigenvalue weighted by Gasteiger charge is -2.33. The molecule has 1 N–H and O–H groups in total. The van der Waals surface area contributed by atoms with Crippen molar-refractivity contribution in [2.24, 2.45) is 0 Å². The van der Waals surface area contributed by atoms with Crippen LogP contribution >= 0.6 is 11.6 Å². The summed E-state index contributed by atoms with van der Waals surface area (Å²) in [6.45, 7) is 3.52. The molecule has 1 aliphatic heterocycles. The first-order valence-corrected chi connectivity index (χ1v) is 7.44. The van der Waals surface area contributed by atoms with Gasteiger partial charge in [0, 0.05) is 31.3 Å². The highest BCUT2D eigenvalue weighted by molar-refractivity contribution is 6.32. The quantitative estimate of drug-likeness (QED) is 0.926. The maximum Gasteiger partial charge on any atom is 0.251 e. The average molecular weight is 305 g/mol. The Morgan fingerprint density at radius 3 is 3.10 bits per heavy atom. The number of halogens is 1. The number of aromatic nitrogens is 3. The lowest BCUT2D eigenvalue weighted by Crippen LogP contribution is -2.35. The summed E-state index contributed by atoms with van der Waals surface area (Å²) in [5.41, 5.74) is 0.762. The second kappa shape index (κ2) is 5.85. The van der Waals surface area contributed by atoms with Crippen molar-refractivity contribution in [2.75, 3.05) is 18.0 Å². The molecule has 1 saturated heterocycles. The van der Waals surface area contributed by atoms with E-state index in [4.69, 9.17) is 11.6 Å². The highest BCUT2D eigenvalue weighted by Crippen LogP contribution is 2.30. The molecule has 1 fully saturated rings. The second-order valence-corrected chi connectivity index (χ2v) is 5.76. The molecule has 3 rings (SSSR count). The normalized spacial score (nSPS) is 18.8. The molecule has 0 unspecified atom stereocenters. The molecule has 0 aliphatic carbocycles. The first-order chi connectivity index (χ1) is 10.1. The van der Waals surface area contributed by atoms with E-state index in [2.05, 4.69) is 19.9 Å². The summed E-state index contributed by atoms with van der Waals surface area (Å²) in [7, 11) is 0. The van der Waals surface area contributed by atoms with Crippen LogP contribution in [0.3, 0.4) is 0 Å². The molecule has 110 valence electrons. The van der Waals surface area contributed by atoms with Gasteiger partial charge >= 0.3 is 0 Å². The number of pyridine rings is 1. The molecule has 21 heavy (non-hydrogen) atoms. The molecular weight excluding hydrogens is 288 g/mol. The van der Waals surface area contributed by atoms with E-state index in [0.29, 0.717) is 10.8 Å². The minimum atomic E-state index is -0.0921. The number of nitrogens with zero attached hydrogens (tertiary/aromatic N) is 3. The predicted molar refractivity (Wildman–Crippen MR) is 83.0 cm³/mol. The Bertz CT molecular complexity index is 700. The van der Waals surface area contributed by atoms with Gasteiger partial charge in [-0.05, 0) is 31.9 Å². The van der Waals surface area contributed by atoms with E-state index in [1.807, 2.05) is 12.1 Å². The van der Waals surface area contributed by atoms with Crippen LogP contribution in [0.1, 0.15) is 30.3 Å². The van der Waals surface area contributed by atoms with Crippen LogP contribution in [0.2, 0.25) is 5.02 Å². The Hall–Kier alpha value is -1.88. The van der Waals surface area contributed by atoms with E-state index in [0.717, 1.165) is 37.4 Å². The standard InChI is InChI=1S/C15H17ClN4O/c1-10-18-13(8-14(21)19-10)11-4-3-7-20(9-11)15-12(16)5-2-6-17-15/h2,5-6,8,11H,3-4,7,9H2,1H3,(H,18,19,21)/t11-/m1/s1. The summed E-state index contributed by atoms with van der Waals surface area (Å²) < 4.78 is 0. The van der Waals surface area contributed by atoms with Gasteiger partial charge in [0.1, 0.15) is 11.6 Å². The van der Waals surface area contributed by atoms with Gasteiger partial charge < -0.3 is 9.88 Å². The summed E-state index contributed by atoms with van der Waals surface area (Å²) in [5, 5.41) is 0.660. The van der Waals surface area contributed by atoms with Crippen LogP contribution in [0, 0.1) is 6.92 Å². The first kappa shape index (κ1) is 14.1. The molecule has 0 bridgehead atoms. The van der Waals surface area contributed by atoms with Crippen molar-refractivity contribution >= 4 is 17.4 Å². The van der Waals surface area contributed by atoms with E-state index in [1.54, 1.807) is 19.2 Å². The van der Waals surface area contributed by atoms with Crippen molar-refractivity contribution in [3.8, 4) is 0 Å². The van der Waals surface area contributed by atoms with E-state index in [9.17, 15) is 4.79 Å². The zero-order valence-electron chi connectivity index (χ0n) is 11.8. The number of nitrogens with one attached hydrogen (secondary N) is 1. The maximum atomic E-state index is 11.6. The highest BCUT2D eigenvalue weighted by Gasteiger charge is 2.24. The molecule has 2 aromatic heterocycles. The number of piperidine rings is 1. The number of H-pyrrole nitrogens is 1. The van der Waals surface area contributed by atoms with E-state index in [-0.39, 0.29) is 11.5 Å². The average Bonchev–Trinajstić information content (AvgIpc) is 2.47. The first-order valence-electron chi connectivity index (χ1n) is 7.07. The van der Waals surface area contributed by atoms with Crippen LogP contribution in [0.15, 0.2) is 29.2 Å². The molecule has 1 atom stereocenters. The van der Waals surface area contributed by atoms with Gasteiger partial charge in [-0.2, -0.15) is 0 Å². The van der Waals surface area contributed by atoms with E-state index >= 15 is 0 Å². The van der Waals surface area contributed by atoms with Crippen molar-refractivity contribution in [2.45, 2.75) is 25.7 Å². The van der Waals surface area contributed by atoms with Gasteiger partial charge in [-0.25, -0.2) is 9.97 Å². The molecular formula is C15H17ClN4O. The summed E-state index contributed by atoms with van der Waals surface area (Å²) >= 11 is 6.23. The van der Waals surface area contributed by atoms with Gasteiger partial charge in [0.25, 0.3) is 5.56 Å². The molecule has 0 aromatic carbocycles. The SMILES string of the molecule is Cc1nc([C@@H]2CCCN(c3ncccc3Cl)C2)cc(=O)[nH]1. The van der Waals surface area contributed by atoms with Crippen LogP contribution in [-0.2, 0) is 0 Å². The summed E-state index contributed by atoms with van der Waals surface area (Å²) in [4.78, 5) is 25.3. The smallest absolute Gasteiger partial charge is 0.251 e. The molecule has 0 saturated carbocycles. The van der Waals surface area contributed by atoms with Gasteiger partial charge in [0.15, 0.2) is 0 Å². The van der Waals surface area contributed by atoms with Gasteiger partial charge in [0.05, 0.1) is 10.7 Å². The molecule has 0 spiro atoms. The Kier molecular flexibility index (Phi) is 3.92. The maximum absolute atomic E-state index is 11.6. The van der Waals surface area contributed by atoms with Crippen LogP contribution in [-0.4, -0.2) is 28.0 Å².